The van der Waals surface area contributed by atoms with Crippen molar-refractivity contribution in [2.45, 2.75) is 6.54 Å². The van der Waals surface area contributed by atoms with Gasteiger partial charge in [0.15, 0.2) is 0 Å². The summed E-state index contributed by atoms with van der Waals surface area (Å²) in [7, 11) is 3.20. The van der Waals surface area contributed by atoms with Gasteiger partial charge in [-0.2, -0.15) is 0 Å². The van der Waals surface area contributed by atoms with Crippen LogP contribution in [0.4, 0.5) is 4.39 Å². The van der Waals surface area contributed by atoms with Crippen molar-refractivity contribution in [2.24, 2.45) is 0 Å². The Kier molecular flexibility index (Phi) is 5.58. The quantitative estimate of drug-likeness (QED) is 0.707. The third-order valence-corrected chi connectivity index (χ3v) is 4.14. The van der Waals surface area contributed by atoms with Gasteiger partial charge in [0, 0.05) is 28.1 Å². The van der Waals surface area contributed by atoms with Crippen LogP contribution in [0.2, 0.25) is 0 Å². The van der Waals surface area contributed by atoms with E-state index in [1.54, 1.807) is 20.2 Å². The Hall–Kier alpha value is -1.40. The molecule has 2 aromatic rings. The molecule has 0 unspecified atom stereocenters. The van der Waals surface area contributed by atoms with E-state index in [-0.39, 0.29) is 11.5 Å². The molecule has 0 heterocycles. The standard InChI is InChI=1S/C16H14Br2FNO2/c1-20(9-10-7-11(17)4-6-15(10)22-2)16(21)13-8-12(18)3-5-14(13)19/h3-8H,9H2,1-2H3. The number of nitrogens with zero attached hydrogens (tertiary/aromatic N) is 1. The Morgan fingerprint density at radius 1 is 1.18 bits per heavy atom. The number of carbonyl (C=O) groups is 1. The van der Waals surface area contributed by atoms with E-state index in [4.69, 9.17) is 4.74 Å². The van der Waals surface area contributed by atoms with Gasteiger partial charge in [-0.3, -0.25) is 4.79 Å². The maximum absolute atomic E-state index is 13.8. The van der Waals surface area contributed by atoms with E-state index < -0.39 is 5.82 Å². The van der Waals surface area contributed by atoms with Crippen molar-refractivity contribution in [3.8, 4) is 5.75 Å². The van der Waals surface area contributed by atoms with Crippen LogP contribution in [0, 0.1) is 5.82 Å². The number of ether oxygens (including phenoxy) is 1. The summed E-state index contributed by atoms with van der Waals surface area (Å²) in [5.74, 6) is -0.250. The molecule has 0 saturated heterocycles. The molecular weight excluding hydrogens is 417 g/mol. The number of methoxy groups -OCH3 is 1. The van der Waals surface area contributed by atoms with Crippen LogP contribution in [0.15, 0.2) is 45.3 Å². The van der Waals surface area contributed by atoms with Crippen LogP contribution in [0.5, 0.6) is 5.75 Å². The van der Waals surface area contributed by atoms with Crippen molar-refractivity contribution in [1.82, 2.24) is 4.90 Å². The van der Waals surface area contributed by atoms with Crippen molar-refractivity contribution in [1.29, 1.82) is 0 Å². The molecular formula is C16H14Br2FNO2. The fourth-order valence-electron chi connectivity index (χ4n) is 2.07. The zero-order valence-electron chi connectivity index (χ0n) is 12.1. The van der Waals surface area contributed by atoms with Gasteiger partial charge in [0.25, 0.3) is 5.91 Å². The number of benzene rings is 2. The number of rotatable bonds is 4. The topological polar surface area (TPSA) is 29.5 Å². The number of carbonyl (C=O) groups excluding carboxylic acids is 1. The van der Waals surface area contributed by atoms with Crippen molar-refractivity contribution >= 4 is 37.8 Å². The molecule has 0 aliphatic heterocycles. The Balaban J connectivity index is 2.25. The van der Waals surface area contributed by atoms with Crippen LogP contribution in [-0.2, 0) is 6.54 Å². The molecule has 6 heteroatoms. The van der Waals surface area contributed by atoms with Crippen LogP contribution in [0.1, 0.15) is 15.9 Å². The van der Waals surface area contributed by atoms with Gasteiger partial charge in [0.05, 0.1) is 12.7 Å². The van der Waals surface area contributed by atoms with E-state index in [9.17, 15) is 9.18 Å². The normalized spacial score (nSPS) is 10.4. The fourth-order valence-corrected chi connectivity index (χ4v) is 2.83. The Labute approximate surface area is 145 Å². The first-order chi connectivity index (χ1) is 10.4. The lowest BCUT2D eigenvalue weighted by Crippen LogP contribution is -2.27. The molecule has 1 amide bonds. The van der Waals surface area contributed by atoms with Crippen molar-refractivity contribution in [2.75, 3.05) is 14.2 Å². The molecule has 0 aromatic heterocycles. The van der Waals surface area contributed by atoms with Gasteiger partial charge in [-0.25, -0.2) is 4.39 Å². The molecule has 22 heavy (non-hydrogen) atoms. The summed E-state index contributed by atoms with van der Waals surface area (Å²) in [6.45, 7) is 0.313. The van der Waals surface area contributed by atoms with E-state index in [0.29, 0.717) is 16.8 Å². The van der Waals surface area contributed by atoms with Crippen LogP contribution in [0.3, 0.4) is 0 Å². The Morgan fingerprint density at radius 3 is 2.50 bits per heavy atom. The summed E-state index contributed by atoms with van der Waals surface area (Å²) < 4.78 is 20.7. The van der Waals surface area contributed by atoms with Gasteiger partial charge in [-0.1, -0.05) is 31.9 Å². The van der Waals surface area contributed by atoms with Crippen LogP contribution in [0.25, 0.3) is 0 Å². The first-order valence-electron chi connectivity index (χ1n) is 6.45. The zero-order chi connectivity index (χ0) is 16.3. The largest absolute Gasteiger partial charge is 0.496 e. The molecule has 0 N–H and O–H groups in total. The first-order valence-corrected chi connectivity index (χ1v) is 8.04. The summed E-state index contributed by atoms with van der Waals surface area (Å²) in [5.41, 5.74) is 0.869. The maximum Gasteiger partial charge on any atom is 0.256 e. The van der Waals surface area contributed by atoms with Gasteiger partial charge in [0.1, 0.15) is 11.6 Å². The van der Waals surface area contributed by atoms with Gasteiger partial charge in [-0.05, 0) is 36.4 Å². The van der Waals surface area contributed by atoms with Gasteiger partial charge in [-0.15, -0.1) is 0 Å². The molecule has 0 atom stereocenters. The highest BCUT2D eigenvalue weighted by molar-refractivity contribution is 9.10. The van der Waals surface area contributed by atoms with Crippen LogP contribution in [-0.4, -0.2) is 25.0 Å². The number of hydrogen-bond donors (Lipinski definition) is 0. The smallest absolute Gasteiger partial charge is 0.256 e. The predicted molar refractivity (Wildman–Crippen MR) is 90.6 cm³/mol. The van der Waals surface area contributed by atoms with E-state index in [1.807, 2.05) is 18.2 Å². The van der Waals surface area contributed by atoms with E-state index >= 15 is 0 Å². The average molecular weight is 431 g/mol. The third kappa shape index (κ3) is 3.87. The molecule has 2 aromatic carbocycles. The molecule has 116 valence electrons. The summed E-state index contributed by atoms with van der Waals surface area (Å²) in [6, 6.07) is 9.86. The molecule has 0 spiro atoms. The lowest BCUT2D eigenvalue weighted by Gasteiger charge is -2.19. The summed E-state index contributed by atoms with van der Waals surface area (Å²) >= 11 is 6.64. The van der Waals surface area contributed by atoms with Gasteiger partial charge >= 0.3 is 0 Å². The molecule has 0 radical (unpaired) electrons. The lowest BCUT2D eigenvalue weighted by atomic mass is 10.1. The number of hydrogen-bond acceptors (Lipinski definition) is 2. The minimum absolute atomic E-state index is 0.0332. The Bertz CT molecular complexity index is 707. The molecule has 0 bridgehead atoms. The molecule has 3 nitrogen and oxygen atoms in total. The molecule has 0 aliphatic carbocycles. The van der Waals surface area contributed by atoms with Gasteiger partial charge < -0.3 is 9.64 Å². The minimum Gasteiger partial charge on any atom is -0.496 e. The average Bonchev–Trinajstić information content (AvgIpc) is 2.49. The van der Waals surface area contributed by atoms with E-state index in [2.05, 4.69) is 31.9 Å². The monoisotopic (exact) mass is 429 g/mol. The predicted octanol–water partition coefficient (Wildman–Crippen LogP) is 4.63. The summed E-state index contributed by atoms with van der Waals surface area (Å²) in [6.07, 6.45) is 0. The minimum atomic E-state index is -0.541. The molecule has 2 rings (SSSR count). The highest BCUT2D eigenvalue weighted by Crippen LogP contribution is 2.25. The molecule has 0 fully saturated rings. The molecule has 0 aliphatic rings. The fraction of sp³-hybridized carbons (Fsp3) is 0.188. The number of amides is 1. The van der Waals surface area contributed by atoms with E-state index in [0.717, 1.165) is 10.0 Å². The van der Waals surface area contributed by atoms with Gasteiger partial charge in [0.2, 0.25) is 0 Å². The zero-order valence-corrected chi connectivity index (χ0v) is 15.2. The highest BCUT2D eigenvalue weighted by atomic mass is 79.9. The highest BCUT2D eigenvalue weighted by Gasteiger charge is 2.18. The summed E-state index contributed by atoms with van der Waals surface area (Å²) in [5, 5.41) is 0. The SMILES string of the molecule is COc1ccc(Br)cc1CN(C)C(=O)c1cc(Br)ccc1F. The molecule has 0 saturated carbocycles. The van der Waals surface area contributed by atoms with Crippen molar-refractivity contribution in [3.63, 3.8) is 0 Å². The number of halogens is 3. The first kappa shape index (κ1) is 17.0. The van der Waals surface area contributed by atoms with Crippen LogP contribution >= 0.6 is 31.9 Å². The Morgan fingerprint density at radius 2 is 1.82 bits per heavy atom. The van der Waals surface area contributed by atoms with Crippen LogP contribution < -0.4 is 4.74 Å². The van der Waals surface area contributed by atoms with Crippen molar-refractivity contribution < 1.29 is 13.9 Å². The van der Waals surface area contributed by atoms with Crippen molar-refractivity contribution in [3.05, 3.63) is 62.3 Å². The third-order valence-electron chi connectivity index (χ3n) is 3.16. The lowest BCUT2D eigenvalue weighted by molar-refractivity contribution is 0.0779. The maximum atomic E-state index is 13.8. The second-order valence-electron chi connectivity index (χ2n) is 4.74. The summed E-state index contributed by atoms with van der Waals surface area (Å²) in [4.78, 5) is 13.9. The van der Waals surface area contributed by atoms with E-state index in [1.165, 1.54) is 17.0 Å². The second-order valence-corrected chi connectivity index (χ2v) is 6.57. The second kappa shape index (κ2) is 7.24.